The molecule has 0 radical (unpaired) electrons. The molecule has 0 unspecified atom stereocenters. The van der Waals surface area contributed by atoms with Gasteiger partial charge < -0.3 is 10.6 Å². The van der Waals surface area contributed by atoms with E-state index < -0.39 is 0 Å². The number of para-hydroxylation sites is 1. The molecule has 0 aliphatic heterocycles. The van der Waals surface area contributed by atoms with Gasteiger partial charge in [0.2, 0.25) is 0 Å². The standard InChI is InChI=1S/C17H17ClN2O/c1-2-13-7-4-6-10-16(13)20-17(21)19-12-11-14-8-3-5-9-15(14)18/h3-12H,2H2,1H3,(H2,19,20,21)/b12-11+. The maximum Gasteiger partial charge on any atom is 0.323 e. The van der Waals surface area contributed by atoms with Crippen molar-refractivity contribution in [3.05, 3.63) is 70.9 Å². The number of halogens is 1. The SMILES string of the molecule is CCc1ccccc1NC(=O)N/C=C/c1ccccc1Cl. The van der Waals surface area contributed by atoms with Gasteiger partial charge in [0, 0.05) is 16.9 Å². The minimum absolute atomic E-state index is 0.279. The summed E-state index contributed by atoms with van der Waals surface area (Å²) >= 11 is 6.03. The van der Waals surface area contributed by atoms with Crippen LogP contribution in [0.15, 0.2) is 54.7 Å². The van der Waals surface area contributed by atoms with Crippen LogP contribution in [0.25, 0.3) is 6.08 Å². The van der Waals surface area contributed by atoms with Gasteiger partial charge >= 0.3 is 6.03 Å². The van der Waals surface area contributed by atoms with Crippen LogP contribution in [0.5, 0.6) is 0 Å². The van der Waals surface area contributed by atoms with Crippen LogP contribution >= 0.6 is 11.6 Å². The fraction of sp³-hybridized carbons (Fsp3) is 0.118. The summed E-state index contributed by atoms with van der Waals surface area (Å²) in [7, 11) is 0. The first-order valence-corrected chi connectivity index (χ1v) is 7.15. The Bertz CT molecular complexity index is 653. The quantitative estimate of drug-likeness (QED) is 0.844. The molecule has 0 aliphatic carbocycles. The topological polar surface area (TPSA) is 41.1 Å². The molecule has 0 aromatic heterocycles. The lowest BCUT2D eigenvalue weighted by atomic mass is 10.1. The second kappa shape index (κ2) is 7.50. The van der Waals surface area contributed by atoms with E-state index in [4.69, 9.17) is 11.6 Å². The first-order valence-electron chi connectivity index (χ1n) is 6.77. The molecule has 4 heteroatoms. The van der Waals surface area contributed by atoms with Crippen molar-refractivity contribution in [3.63, 3.8) is 0 Å². The Morgan fingerprint density at radius 2 is 1.86 bits per heavy atom. The van der Waals surface area contributed by atoms with Gasteiger partial charge in [0.25, 0.3) is 0 Å². The number of carbonyl (C=O) groups is 1. The monoisotopic (exact) mass is 300 g/mol. The van der Waals surface area contributed by atoms with E-state index in [0.717, 1.165) is 23.2 Å². The second-order valence-electron chi connectivity index (χ2n) is 4.46. The Kier molecular flexibility index (Phi) is 5.41. The first kappa shape index (κ1) is 15.1. The molecule has 2 aromatic rings. The lowest BCUT2D eigenvalue weighted by Gasteiger charge is -2.09. The van der Waals surface area contributed by atoms with Crippen molar-refractivity contribution in [2.45, 2.75) is 13.3 Å². The molecule has 2 N–H and O–H groups in total. The predicted molar refractivity (Wildman–Crippen MR) is 88.5 cm³/mol. The molecule has 3 nitrogen and oxygen atoms in total. The van der Waals surface area contributed by atoms with Crippen molar-refractivity contribution in [2.24, 2.45) is 0 Å². The molecule has 21 heavy (non-hydrogen) atoms. The molecular weight excluding hydrogens is 284 g/mol. The number of amides is 2. The molecule has 0 atom stereocenters. The Balaban J connectivity index is 1.95. The normalized spacial score (nSPS) is 10.6. The number of rotatable bonds is 4. The Morgan fingerprint density at radius 1 is 1.14 bits per heavy atom. The molecule has 0 bridgehead atoms. The number of hydrogen-bond acceptors (Lipinski definition) is 1. The van der Waals surface area contributed by atoms with Gasteiger partial charge in [0.15, 0.2) is 0 Å². The van der Waals surface area contributed by atoms with Crippen molar-refractivity contribution in [2.75, 3.05) is 5.32 Å². The van der Waals surface area contributed by atoms with E-state index in [1.54, 1.807) is 18.3 Å². The van der Waals surface area contributed by atoms with Crippen LogP contribution < -0.4 is 10.6 Å². The smallest absolute Gasteiger partial charge is 0.314 e. The van der Waals surface area contributed by atoms with Crippen molar-refractivity contribution in [1.82, 2.24) is 5.32 Å². The fourth-order valence-corrected chi connectivity index (χ4v) is 2.13. The summed E-state index contributed by atoms with van der Waals surface area (Å²) < 4.78 is 0. The van der Waals surface area contributed by atoms with Crippen molar-refractivity contribution >= 4 is 29.4 Å². The molecule has 0 spiro atoms. The van der Waals surface area contributed by atoms with E-state index in [-0.39, 0.29) is 6.03 Å². The molecule has 0 fully saturated rings. The maximum absolute atomic E-state index is 11.8. The summed E-state index contributed by atoms with van der Waals surface area (Å²) in [6.45, 7) is 2.05. The number of urea groups is 1. The van der Waals surface area contributed by atoms with Crippen LogP contribution in [0.3, 0.4) is 0 Å². The third kappa shape index (κ3) is 4.36. The number of nitrogens with one attached hydrogen (secondary N) is 2. The van der Waals surface area contributed by atoms with Crippen molar-refractivity contribution < 1.29 is 4.79 Å². The Hall–Kier alpha value is -2.26. The number of benzene rings is 2. The number of anilines is 1. The zero-order valence-electron chi connectivity index (χ0n) is 11.8. The summed E-state index contributed by atoms with van der Waals surface area (Å²) in [6.07, 6.45) is 4.20. The molecule has 2 aromatic carbocycles. The highest BCUT2D eigenvalue weighted by molar-refractivity contribution is 6.32. The number of hydrogen-bond donors (Lipinski definition) is 2. The first-order chi connectivity index (χ1) is 10.2. The average molecular weight is 301 g/mol. The highest BCUT2D eigenvalue weighted by atomic mass is 35.5. The van der Waals surface area contributed by atoms with E-state index in [0.29, 0.717) is 5.02 Å². The second-order valence-corrected chi connectivity index (χ2v) is 4.87. The van der Waals surface area contributed by atoms with Crippen LogP contribution in [0.1, 0.15) is 18.1 Å². The van der Waals surface area contributed by atoms with Gasteiger partial charge in [-0.2, -0.15) is 0 Å². The van der Waals surface area contributed by atoms with Gasteiger partial charge in [0.1, 0.15) is 0 Å². The Labute approximate surface area is 129 Å². The molecule has 108 valence electrons. The van der Waals surface area contributed by atoms with Crippen molar-refractivity contribution in [1.29, 1.82) is 0 Å². The van der Waals surface area contributed by atoms with E-state index in [2.05, 4.69) is 17.6 Å². The molecule has 0 saturated carbocycles. The highest BCUT2D eigenvalue weighted by Gasteiger charge is 2.03. The zero-order valence-corrected chi connectivity index (χ0v) is 12.5. The summed E-state index contributed by atoms with van der Waals surface area (Å²) in [5.74, 6) is 0. The summed E-state index contributed by atoms with van der Waals surface area (Å²) in [6, 6.07) is 14.9. The van der Waals surface area contributed by atoms with Crippen LogP contribution in [-0.4, -0.2) is 6.03 Å². The third-order valence-electron chi connectivity index (χ3n) is 3.03. The molecule has 2 amide bonds. The summed E-state index contributed by atoms with van der Waals surface area (Å²) in [5, 5.41) is 6.14. The Morgan fingerprint density at radius 3 is 2.62 bits per heavy atom. The van der Waals surface area contributed by atoms with E-state index >= 15 is 0 Å². The summed E-state index contributed by atoms with van der Waals surface area (Å²) in [4.78, 5) is 11.8. The fourth-order valence-electron chi connectivity index (χ4n) is 1.93. The van der Waals surface area contributed by atoms with Crippen LogP contribution in [0, 0.1) is 0 Å². The largest absolute Gasteiger partial charge is 0.323 e. The molecule has 0 aliphatic rings. The number of carbonyl (C=O) groups excluding carboxylic acids is 1. The van der Waals surface area contributed by atoms with Gasteiger partial charge in [-0.3, -0.25) is 0 Å². The van der Waals surface area contributed by atoms with Crippen molar-refractivity contribution in [3.8, 4) is 0 Å². The van der Waals surface area contributed by atoms with Crippen LogP contribution in [0.4, 0.5) is 10.5 Å². The third-order valence-corrected chi connectivity index (χ3v) is 3.37. The minimum Gasteiger partial charge on any atom is -0.314 e. The molecular formula is C17H17ClN2O. The molecule has 2 rings (SSSR count). The van der Waals surface area contributed by atoms with Gasteiger partial charge in [-0.05, 0) is 35.8 Å². The van der Waals surface area contributed by atoms with E-state index in [9.17, 15) is 4.79 Å². The van der Waals surface area contributed by atoms with E-state index in [1.807, 2.05) is 42.5 Å². The van der Waals surface area contributed by atoms with Gasteiger partial charge in [-0.25, -0.2) is 4.79 Å². The van der Waals surface area contributed by atoms with Crippen LogP contribution in [-0.2, 0) is 6.42 Å². The minimum atomic E-state index is -0.279. The lowest BCUT2D eigenvalue weighted by Crippen LogP contribution is -2.24. The van der Waals surface area contributed by atoms with Gasteiger partial charge in [-0.15, -0.1) is 0 Å². The zero-order chi connectivity index (χ0) is 15.1. The average Bonchev–Trinajstić information content (AvgIpc) is 2.50. The molecule has 0 heterocycles. The summed E-state index contributed by atoms with van der Waals surface area (Å²) in [5.41, 5.74) is 2.78. The highest BCUT2D eigenvalue weighted by Crippen LogP contribution is 2.16. The van der Waals surface area contributed by atoms with E-state index in [1.165, 1.54) is 0 Å². The molecule has 0 saturated heterocycles. The maximum atomic E-state index is 11.8. The van der Waals surface area contributed by atoms with Gasteiger partial charge in [0.05, 0.1) is 0 Å². The van der Waals surface area contributed by atoms with Crippen LogP contribution in [0.2, 0.25) is 5.02 Å². The lowest BCUT2D eigenvalue weighted by molar-refractivity contribution is 0.255. The predicted octanol–water partition coefficient (Wildman–Crippen LogP) is 4.69. The number of aryl methyl sites for hydroxylation is 1. The van der Waals surface area contributed by atoms with Gasteiger partial charge in [-0.1, -0.05) is 54.9 Å².